The second-order valence-electron chi connectivity index (χ2n) is 15.9. The number of amides is 3. The zero-order valence-electron chi connectivity index (χ0n) is 32.5. The third kappa shape index (κ3) is 7.68. The van der Waals surface area contributed by atoms with E-state index in [0.717, 1.165) is 77.4 Å². The van der Waals surface area contributed by atoms with Gasteiger partial charge in [0, 0.05) is 18.7 Å². The zero-order valence-corrected chi connectivity index (χ0v) is 32.5. The van der Waals surface area contributed by atoms with Crippen molar-refractivity contribution < 1.29 is 24.2 Å². The number of methoxy groups -OCH3 is 1. The molecule has 2 aromatic carbocycles. The molecule has 7 atom stereocenters. The second-order valence-corrected chi connectivity index (χ2v) is 15.9. The molecule has 3 aromatic heterocycles. The first-order chi connectivity index (χ1) is 27.7. The Hall–Kier alpha value is -5.82. The molecule has 4 heterocycles. The van der Waals surface area contributed by atoms with Gasteiger partial charge < -0.3 is 35.3 Å². The third-order valence-electron chi connectivity index (χ3n) is 12.2. The number of carbonyl (C=O) groups excluding carboxylic acids is 3. The summed E-state index contributed by atoms with van der Waals surface area (Å²) in [5.74, 6) is 1.78. The number of alkyl carbamates (subject to hydrolysis) is 1. The molecule has 57 heavy (non-hydrogen) atoms. The maximum atomic E-state index is 13.8. The molecule has 5 N–H and O–H groups in total. The second kappa shape index (κ2) is 16.3. The predicted octanol–water partition coefficient (Wildman–Crippen LogP) is 6.55. The van der Waals surface area contributed by atoms with Crippen LogP contribution in [0, 0.1) is 23.7 Å². The van der Waals surface area contributed by atoms with E-state index in [-0.39, 0.29) is 42.2 Å². The quantitative estimate of drug-likeness (QED) is 0.0948. The Morgan fingerprint density at radius 1 is 0.825 bits per heavy atom. The molecule has 5 aromatic rings. The van der Waals surface area contributed by atoms with E-state index in [1.54, 1.807) is 6.20 Å². The number of rotatable bonds is 12. The third-order valence-corrected chi connectivity index (χ3v) is 12.2. The minimum atomic E-state index is -0.684. The molecule has 3 amide bonds. The van der Waals surface area contributed by atoms with E-state index in [1.807, 2.05) is 49.3 Å². The van der Waals surface area contributed by atoms with Crippen molar-refractivity contribution in [2.75, 3.05) is 20.3 Å². The monoisotopic (exact) mass is 770 g/mol. The van der Waals surface area contributed by atoms with Crippen molar-refractivity contribution in [2.45, 2.75) is 70.0 Å². The van der Waals surface area contributed by atoms with Crippen molar-refractivity contribution in [1.82, 2.24) is 40.5 Å². The fourth-order valence-electron chi connectivity index (χ4n) is 9.31. The van der Waals surface area contributed by atoms with Gasteiger partial charge in [-0.2, -0.15) is 0 Å². The van der Waals surface area contributed by atoms with Crippen LogP contribution in [-0.2, 0) is 14.3 Å². The van der Waals surface area contributed by atoms with Crippen molar-refractivity contribution in [3.8, 4) is 33.6 Å². The van der Waals surface area contributed by atoms with Gasteiger partial charge in [-0.05, 0) is 84.2 Å². The van der Waals surface area contributed by atoms with E-state index in [1.165, 1.54) is 7.11 Å². The molecule has 1 saturated heterocycles. The fourth-order valence-corrected chi connectivity index (χ4v) is 9.31. The van der Waals surface area contributed by atoms with E-state index >= 15 is 0 Å². The lowest BCUT2D eigenvalue weighted by molar-refractivity contribution is -0.135. The Kier molecular flexibility index (Phi) is 10.9. The summed E-state index contributed by atoms with van der Waals surface area (Å²) in [6.07, 6.45) is 9.50. The van der Waals surface area contributed by atoms with Gasteiger partial charge in [-0.3, -0.25) is 14.6 Å². The summed E-state index contributed by atoms with van der Waals surface area (Å²) in [6, 6.07) is 20.8. The van der Waals surface area contributed by atoms with Gasteiger partial charge in [-0.1, -0.05) is 68.4 Å². The van der Waals surface area contributed by atoms with E-state index in [4.69, 9.17) is 9.72 Å². The van der Waals surface area contributed by atoms with Crippen LogP contribution < -0.4 is 10.6 Å². The minimum Gasteiger partial charge on any atom is -0.453 e. The highest BCUT2D eigenvalue weighted by atomic mass is 16.5. The summed E-state index contributed by atoms with van der Waals surface area (Å²) in [5, 5.41) is 15.9. The standard InChI is InChI=1S/C44H50N8O5/c1-25(2)39(51-44(56)57-3)43(55)52-20-6-8-36(52)40-46-22-33(48-40)28-13-9-26(10-14-28)27-11-15-29(16-12-27)34-23-47-41(49-34)37-30-17-18-31(21-30)38(37)42(54)50-35(24-53)32-7-4-5-19-45-32/h4-5,7,9-16,19,22-23,25,30-31,35-39,53H,6,8,17-18,20-21,24H2,1-3H3,(H,46,48)(H,47,49)(H,50,54)(H,51,56)/t30?,31?,35?,36-,37?,38?,39-/m0/s1. The number of aliphatic hydroxyl groups is 1. The highest BCUT2D eigenvalue weighted by molar-refractivity contribution is 5.86. The van der Waals surface area contributed by atoms with E-state index in [2.05, 4.69) is 79.1 Å². The number of fused-ring (bicyclic) bond motifs is 2. The summed E-state index contributed by atoms with van der Waals surface area (Å²) in [4.78, 5) is 62.0. The molecule has 3 fully saturated rings. The Labute approximate surface area is 332 Å². The van der Waals surface area contributed by atoms with Crippen LogP contribution in [0.15, 0.2) is 85.3 Å². The molecule has 3 aliphatic rings. The number of pyridine rings is 1. The van der Waals surface area contributed by atoms with E-state index in [0.29, 0.717) is 24.1 Å². The van der Waals surface area contributed by atoms with Crippen molar-refractivity contribution in [3.05, 3.63) is 103 Å². The number of aromatic nitrogens is 5. The Bertz CT molecular complexity index is 2180. The molecule has 2 aliphatic carbocycles. The van der Waals surface area contributed by atoms with Crippen LogP contribution in [0.25, 0.3) is 33.6 Å². The number of nitrogens with zero attached hydrogens (tertiary/aromatic N) is 4. The first-order valence-electron chi connectivity index (χ1n) is 20.0. The van der Waals surface area contributed by atoms with Crippen LogP contribution in [0.5, 0.6) is 0 Å². The molecule has 8 rings (SSSR count). The number of nitrogens with one attached hydrogen (secondary N) is 4. The van der Waals surface area contributed by atoms with Crippen molar-refractivity contribution in [1.29, 1.82) is 0 Å². The zero-order chi connectivity index (χ0) is 39.6. The Morgan fingerprint density at radius 3 is 2.07 bits per heavy atom. The molecule has 2 bridgehead atoms. The van der Waals surface area contributed by atoms with Crippen LogP contribution in [0.2, 0.25) is 0 Å². The predicted molar refractivity (Wildman–Crippen MR) is 214 cm³/mol. The number of hydrogen-bond donors (Lipinski definition) is 5. The first kappa shape index (κ1) is 38.1. The molecule has 0 radical (unpaired) electrons. The molecular weight excluding hydrogens is 721 g/mol. The lowest BCUT2D eigenvalue weighted by Gasteiger charge is -2.30. The largest absolute Gasteiger partial charge is 0.453 e. The summed E-state index contributed by atoms with van der Waals surface area (Å²) in [6.45, 7) is 4.19. The number of aromatic amines is 2. The number of imidazole rings is 2. The highest BCUT2D eigenvalue weighted by Gasteiger charge is 2.52. The SMILES string of the molecule is COC(=O)N[C@H](C(=O)N1CCC[C@H]1c1ncc(-c2ccc(-c3ccc(-c4cnc(C5C6CCC(C6)C5C(=O)NC(CO)c5ccccn5)[nH]4)cc3)cc2)[nH]1)C(C)C. The minimum absolute atomic E-state index is 0.00326. The summed E-state index contributed by atoms with van der Waals surface area (Å²) in [7, 11) is 1.29. The Morgan fingerprint density at radius 2 is 1.46 bits per heavy atom. The molecule has 1 aliphatic heterocycles. The summed E-state index contributed by atoms with van der Waals surface area (Å²) in [5.41, 5.74) is 6.57. The van der Waals surface area contributed by atoms with Gasteiger partial charge in [-0.25, -0.2) is 14.8 Å². The lowest BCUT2D eigenvalue weighted by Crippen LogP contribution is -2.51. The first-order valence-corrected chi connectivity index (χ1v) is 20.0. The number of carbonyl (C=O) groups is 3. The fraction of sp³-hybridized carbons (Fsp3) is 0.409. The molecule has 2 saturated carbocycles. The van der Waals surface area contributed by atoms with Gasteiger partial charge in [0.1, 0.15) is 17.7 Å². The van der Waals surface area contributed by atoms with Crippen molar-refractivity contribution in [2.24, 2.45) is 23.7 Å². The highest BCUT2D eigenvalue weighted by Crippen LogP contribution is 2.56. The summed E-state index contributed by atoms with van der Waals surface area (Å²) >= 11 is 0. The van der Waals surface area contributed by atoms with Crippen LogP contribution in [0.3, 0.4) is 0 Å². The van der Waals surface area contributed by atoms with Gasteiger partial charge in [-0.15, -0.1) is 0 Å². The number of H-pyrrole nitrogens is 2. The molecular formula is C44H50N8O5. The van der Waals surface area contributed by atoms with Gasteiger partial charge in [0.25, 0.3) is 0 Å². The normalized spacial score (nSPS) is 22.4. The van der Waals surface area contributed by atoms with E-state index < -0.39 is 18.2 Å². The van der Waals surface area contributed by atoms with E-state index in [9.17, 15) is 19.5 Å². The molecule has 5 unspecified atom stereocenters. The topological polar surface area (TPSA) is 178 Å². The number of ether oxygens (including phenoxy) is 1. The van der Waals surface area contributed by atoms with Gasteiger partial charge in [0.05, 0.1) is 61.2 Å². The number of aliphatic hydroxyl groups excluding tert-OH is 1. The number of likely N-dealkylation sites (tertiary alicyclic amines) is 1. The summed E-state index contributed by atoms with van der Waals surface area (Å²) < 4.78 is 4.76. The smallest absolute Gasteiger partial charge is 0.407 e. The molecule has 0 spiro atoms. The number of hydrogen-bond acceptors (Lipinski definition) is 8. The van der Waals surface area contributed by atoms with Crippen LogP contribution in [0.4, 0.5) is 4.79 Å². The average Bonchev–Trinajstić information content (AvgIpc) is 4.10. The van der Waals surface area contributed by atoms with Crippen LogP contribution in [0.1, 0.15) is 81.3 Å². The lowest BCUT2D eigenvalue weighted by atomic mass is 9.78. The van der Waals surface area contributed by atoms with Gasteiger partial charge in [0.2, 0.25) is 11.8 Å². The van der Waals surface area contributed by atoms with Crippen LogP contribution >= 0.6 is 0 Å². The average molecular weight is 771 g/mol. The van der Waals surface area contributed by atoms with Gasteiger partial charge in [0.15, 0.2) is 0 Å². The molecule has 13 nitrogen and oxygen atoms in total. The molecule has 13 heteroatoms. The van der Waals surface area contributed by atoms with Gasteiger partial charge >= 0.3 is 6.09 Å². The number of benzene rings is 2. The van der Waals surface area contributed by atoms with Crippen LogP contribution in [-0.4, -0.2) is 79.1 Å². The molecule has 296 valence electrons. The van der Waals surface area contributed by atoms with Crippen molar-refractivity contribution in [3.63, 3.8) is 0 Å². The maximum absolute atomic E-state index is 13.8. The maximum Gasteiger partial charge on any atom is 0.407 e. The Balaban J connectivity index is 0.925. The van der Waals surface area contributed by atoms with Crippen molar-refractivity contribution >= 4 is 17.9 Å².